The molecule has 3 rings (SSSR count). The Morgan fingerprint density at radius 3 is 2.95 bits per heavy atom. The Labute approximate surface area is 111 Å². The number of carbonyl (C=O) groups excluding carboxylic acids is 1. The van der Waals surface area contributed by atoms with Crippen LogP contribution in [0.2, 0.25) is 0 Å². The van der Waals surface area contributed by atoms with Crippen molar-refractivity contribution in [3.8, 4) is 0 Å². The van der Waals surface area contributed by atoms with E-state index >= 15 is 0 Å². The first-order valence-electron chi connectivity index (χ1n) is 6.76. The van der Waals surface area contributed by atoms with Gasteiger partial charge in [-0.15, -0.1) is 0 Å². The zero-order valence-electron chi connectivity index (χ0n) is 10.7. The van der Waals surface area contributed by atoms with Crippen LogP contribution in [0.3, 0.4) is 0 Å². The third-order valence-electron chi connectivity index (χ3n) is 3.86. The number of aromatic nitrogens is 1. The van der Waals surface area contributed by atoms with Gasteiger partial charge in [-0.2, -0.15) is 0 Å². The topological polar surface area (TPSA) is 65.1 Å². The molecule has 4 nitrogen and oxygen atoms in total. The summed E-state index contributed by atoms with van der Waals surface area (Å²) in [7, 11) is 0. The molecule has 2 unspecified atom stereocenters. The average Bonchev–Trinajstić information content (AvgIpc) is 3.01. The summed E-state index contributed by atoms with van der Waals surface area (Å²) in [6.07, 6.45) is 2.00. The highest BCUT2D eigenvalue weighted by Gasteiger charge is 2.31. The van der Waals surface area contributed by atoms with Gasteiger partial charge >= 0.3 is 0 Å². The zero-order chi connectivity index (χ0) is 13.2. The van der Waals surface area contributed by atoms with Gasteiger partial charge in [0.15, 0.2) is 0 Å². The molecular weight excluding hydrogens is 240 g/mol. The minimum Gasteiger partial charge on any atom is -0.392 e. The first-order valence-corrected chi connectivity index (χ1v) is 6.76. The first kappa shape index (κ1) is 12.2. The molecule has 1 aliphatic rings. The fourth-order valence-corrected chi connectivity index (χ4v) is 2.79. The lowest BCUT2D eigenvalue weighted by molar-refractivity contribution is -0.127. The number of rotatable bonds is 3. The summed E-state index contributed by atoms with van der Waals surface area (Å²) in [6, 6.07) is 10.1. The largest absolute Gasteiger partial charge is 0.392 e. The highest BCUT2D eigenvalue weighted by Crippen LogP contribution is 2.25. The molecule has 1 aromatic heterocycles. The summed E-state index contributed by atoms with van der Waals surface area (Å²) in [5.41, 5.74) is 2.06. The SMILES string of the molecule is O=C(NCc1cc2ccccc2[nH]1)C1CCCC1O. The number of aliphatic hydroxyl groups excluding tert-OH is 1. The van der Waals surface area contributed by atoms with Crippen LogP contribution in [0.4, 0.5) is 0 Å². The molecule has 0 aliphatic heterocycles. The van der Waals surface area contributed by atoms with Crippen LogP contribution in [0.1, 0.15) is 25.0 Å². The van der Waals surface area contributed by atoms with Crippen LogP contribution in [0.5, 0.6) is 0 Å². The Hall–Kier alpha value is -1.81. The van der Waals surface area contributed by atoms with Crippen LogP contribution in [0, 0.1) is 5.92 Å². The monoisotopic (exact) mass is 258 g/mol. The molecule has 1 aliphatic carbocycles. The fraction of sp³-hybridized carbons (Fsp3) is 0.400. The number of carbonyl (C=O) groups is 1. The van der Waals surface area contributed by atoms with Crippen LogP contribution in [-0.2, 0) is 11.3 Å². The summed E-state index contributed by atoms with van der Waals surface area (Å²) in [6.45, 7) is 0.483. The van der Waals surface area contributed by atoms with Gasteiger partial charge in [0.2, 0.25) is 5.91 Å². The highest BCUT2D eigenvalue weighted by molar-refractivity contribution is 5.81. The van der Waals surface area contributed by atoms with Gasteiger partial charge in [-0.05, 0) is 36.8 Å². The number of para-hydroxylation sites is 1. The summed E-state index contributed by atoms with van der Waals surface area (Å²) in [5.74, 6) is -0.270. The number of benzene rings is 1. The Kier molecular flexibility index (Phi) is 3.25. The number of H-pyrrole nitrogens is 1. The third kappa shape index (κ3) is 2.49. The molecule has 1 fully saturated rings. The van der Waals surface area contributed by atoms with E-state index in [9.17, 15) is 9.90 Å². The van der Waals surface area contributed by atoms with E-state index in [0.29, 0.717) is 6.54 Å². The zero-order valence-corrected chi connectivity index (χ0v) is 10.7. The van der Waals surface area contributed by atoms with Crippen molar-refractivity contribution in [2.24, 2.45) is 5.92 Å². The van der Waals surface area contributed by atoms with E-state index in [4.69, 9.17) is 0 Å². The Morgan fingerprint density at radius 1 is 1.37 bits per heavy atom. The molecular formula is C15H18N2O2. The van der Waals surface area contributed by atoms with Crippen molar-refractivity contribution in [3.05, 3.63) is 36.0 Å². The molecule has 0 radical (unpaired) electrons. The van der Waals surface area contributed by atoms with Crippen molar-refractivity contribution in [2.75, 3.05) is 0 Å². The van der Waals surface area contributed by atoms with Gasteiger partial charge in [-0.3, -0.25) is 4.79 Å². The minimum absolute atomic E-state index is 0.0383. The smallest absolute Gasteiger partial charge is 0.226 e. The van der Waals surface area contributed by atoms with Gasteiger partial charge in [0.25, 0.3) is 0 Å². The van der Waals surface area contributed by atoms with Crippen LogP contribution in [0.25, 0.3) is 10.9 Å². The number of amides is 1. The second-order valence-corrected chi connectivity index (χ2v) is 5.20. The Balaban J connectivity index is 1.64. The maximum atomic E-state index is 12.0. The number of aliphatic hydroxyl groups is 1. The number of hydrogen-bond acceptors (Lipinski definition) is 2. The lowest BCUT2D eigenvalue weighted by Crippen LogP contribution is -2.34. The van der Waals surface area contributed by atoms with Crippen LogP contribution in [-0.4, -0.2) is 22.1 Å². The molecule has 2 atom stereocenters. The normalized spacial score (nSPS) is 22.8. The van der Waals surface area contributed by atoms with Gasteiger partial charge in [0, 0.05) is 11.2 Å². The van der Waals surface area contributed by atoms with E-state index in [1.807, 2.05) is 30.3 Å². The predicted molar refractivity (Wildman–Crippen MR) is 73.5 cm³/mol. The molecule has 19 heavy (non-hydrogen) atoms. The number of aromatic amines is 1. The second-order valence-electron chi connectivity index (χ2n) is 5.20. The van der Waals surface area contributed by atoms with Crippen LogP contribution < -0.4 is 5.32 Å². The van der Waals surface area contributed by atoms with Gasteiger partial charge in [0.05, 0.1) is 18.6 Å². The standard InChI is InChI=1S/C15H18N2O2/c18-14-7-3-5-12(14)15(19)16-9-11-8-10-4-1-2-6-13(10)17-11/h1-2,4,6,8,12,14,17-18H,3,5,7,9H2,(H,16,19). The molecule has 1 aromatic carbocycles. The Bertz CT molecular complexity index is 558. The van der Waals surface area contributed by atoms with E-state index in [2.05, 4.69) is 10.3 Å². The summed E-state index contributed by atoms with van der Waals surface area (Å²) >= 11 is 0. The van der Waals surface area contributed by atoms with Crippen molar-refractivity contribution < 1.29 is 9.90 Å². The van der Waals surface area contributed by atoms with Crippen molar-refractivity contribution in [1.29, 1.82) is 0 Å². The average molecular weight is 258 g/mol. The highest BCUT2D eigenvalue weighted by atomic mass is 16.3. The molecule has 1 amide bonds. The molecule has 1 heterocycles. The summed E-state index contributed by atoms with van der Waals surface area (Å²) in [4.78, 5) is 15.2. The molecule has 0 spiro atoms. The lowest BCUT2D eigenvalue weighted by Gasteiger charge is -2.13. The van der Waals surface area contributed by atoms with Crippen molar-refractivity contribution in [2.45, 2.75) is 31.9 Å². The van der Waals surface area contributed by atoms with Gasteiger partial charge in [0.1, 0.15) is 0 Å². The molecule has 100 valence electrons. The molecule has 0 saturated heterocycles. The van der Waals surface area contributed by atoms with Crippen molar-refractivity contribution >= 4 is 16.8 Å². The third-order valence-corrected chi connectivity index (χ3v) is 3.86. The molecule has 4 heteroatoms. The summed E-state index contributed by atoms with van der Waals surface area (Å²) in [5, 5.41) is 13.8. The van der Waals surface area contributed by atoms with E-state index in [1.165, 1.54) is 0 Å². The second kappa shape index (κ2) is 5.05. The number of hydrogen-bond donors (Lipinski definition) is 3. The molecule has 3 N–H and O–H groups in total. The van der Waals surface area contributed by atoms with Crippen molar-refractivity contribution in [1.82, 2.24) is 10.3 Å². The molecule has 1 saturated carbocycles. The van der Waals surface area contributed by atoms with Gasteiger partial charge < -0.3 is 15.4 Å². The maximum Gasteiger partial charge on any atom is 0.226 e. The first-order chi connectivity index (χ1) is 9.24. The van der Waals surface area contributed by atoms with E-state index in [1.54, 1.807) is 0 Å². The summed E-state index contributed by atoms with van der Waals surface area (Å²) < 4.78 is 0. The van der Waals surface area contributed by atoms with E-state index < -0.39 is 6.10 Å². The predicted octanol–water partition coefficient (Wildman–Crippen LogP) is 1.95. The lowest BCUT2D eigenvalue weighted by atomic mass is 10.1. The molecule has 2 aromatic rings. The van der Waals surface area contributed by atoms with Crippen LogP contribution in [0.15, 0.2) is 30.3 Å². The van der Waals surface area contributed by atoms with Gasteiger partial charge in [-0.1, -0.05) is 18.2 Å². The van der Waals surface area contributed by atoms with Gasteiger partial charge in [-0.25, -0.2) is 0 Å². The number of fused-ring (bicyclic) bond motifs is 1. The van der Waals surface area contributed by atoms with Crippen molar-refractivity contribution in [3.63, 3.8) is 0 Å². The fourth-order valence-electron chi connectivity index (χ4n) is 2.79. The minimum atomic E-state index is -0.470. The molecule has 0 bridgehead atoms. The Morgan fingerprint density at radius 2 is 2.21 bits per heavy atom. The quantitative estimate of drug-likeness (QED) is 0.787. The van der Waals surface area contributed by atoms with Crippen LogP contribution >= 0.6 is 0 Å². The van der Waals surface area contributed by atoms with E-state index in [0.717, 1.165) is 35.9 Å². The maximum absolute atomic E-state index is 12.0. The number of nitrogens with one attached hydrogen (secondary N) is 2. The van der Waals surface area contributed by atoms with E-state index in [-0.39, 0.29) is 11.8 Å².